The van der Waals surface area contributed by atoms with E-state index < -0.39 is 0 Å². The van der Waals surface area contributed by atoms with E-state index in [-0.39, 0.29) is 12.5 Å². The fourth-order valence-corrected chi connectivity index (χ4v) is 2.47. The number of nitrogens with one attached hydrogen (secondary N) is 1. The number of hydrogen-bond acceptors (Lipinski definition) is 3. The molecule has 0 unspecified atom stereocenters. The molecule has 0 atom stereocenters. The van der Waals surface area contributed by atoms with Crippen molar-refractivity contribution in [3.63, 3.8) is 0 Å². The zero-order valence-corrected chi connectivity index (χ0v) is 14.9. The van der Waals surface area contributed by atoms with Crippen molar-refractivity contribution < 1.29 is 14.3 Å². The number of hydrogen-bond donors (Lipinski definition) is 1. The summed E-state index contributed by atoms with van der Waals surface area (Å²) in [5, 5.41) is 2.80. The SMILES string of the molecule is COc1ccccc1C#CCNC(=O)c1ccccc1Oc1ccccc1. The number of benzene rings is 3. The van der Waals surface area contributed by atoms with E-state index in [1.165, 1.54) is 0 Å². The molecule has 0 fully saturated rings. The highest BCUT2D eigenvalue weighted by atomic mass is 16.5. The lowest BCUT2D eigenvalue weighted by molar-refractivity contribution is 0.0956. The Kier molecular flexibility index (Phi) is 6.11. The predicted molar refractivity (Wildman–Crippen MR) is 105 cm³/mol. The zero-order valence-electron chi connectivity index (χ0n) is 14.9. The molecule has 0 heterocycles. The molecule has 0 aliphatic rings. The van der Waals surface area contributed by atoms with Gasteiger partial charge >= 0.3 is 0 Å². The maximum Gasteiger partial charge on any atom is 0.255 e. The van der Waals surface area contributed by atoms with Gasteiger partial charge in [0.15, 0.2) is 0 Å². The standard InChI is InChI=1S/C23H19NO3/c1-26-21-15-7-5-10-18(21)11-9-17-24-23(25)20-14-6-8-16-22(20)27-19-12-3-2-4-13-19/h2-8,10,12-16H,17H2,1H3,(H,24,25). The van der Waals surface area contributed by atoms with Gasteiger partial charge in [-0.2, -0.15) is 0 Å². The molecule has 4 nitrogen and oxygen atoms in total. The number of ether oxygens (including phenoxy) is 2. The highest BCUT2D eigenvalue weighted by molar-refractivity contribution is 5.97. The van der Waals surface area contributed by atoms with Crippen LogP contribution in [0.15, 0.2) is 78.9 Å². The second kappa shape index (κ2) is 9.12. The molecule has 4 heteroatoms. The number of carbonyl (C=O) groups excluding carboxylic acids is 1. The van der Waals surface area contributed by atoms with Crippen molar-refractivity contribution in [2.24, 2.45) is 0 Å². The molecule has 1 amide bonds. The third-order valence-corrected chi connectivity index (χ3v) is 3.77. The van der Waals surface area contributed by atoms with E-state index in [0.717, 1.165) is 5.56 Å². The van der Waals surface area contributed by atoms with Crippen LogP contribution in [0.5, 0.6) is 17.2 Å². The third-order valence-electron chi connectivity index (χ3n) is 3.77. The molecule has 0 aromatic heterocycles. The van der Waals surface area contributed by atoms with Gasteiger partial charge in [-0.05, 0) is 36.4 Å². The highest BCUT2D eigenvalue weighted by Gasteiger charge is 2.11. The summed E-state index contributed by atoms with van der Waals surface area (Å²) in [6, 6.07) is 24.0. The van der Waals surface area contributed by atoms with Gasteiger partial charge in [-0.3, -0.25) is 4.79 Å². The van der Waals surface area contributed by atoms with Crippen LogP contribution < -0.4 is 14.8 Å². The minimum atomic E-state index is -0.240. The Labute approximate surface area is 158 Å². The molecule has 1 N–H and O–H groups in total. The van der Waals surface area contributed by atoms with Crippen molar-refractivity contribution in [1.82, 2.24) is 5.32 Å². The topological polar surface area (TPSA) is 47.6 Å². The molecule has 3 rings (SSSR count). The number of methoxy groups -OCH3 is 1. The summed E-state index contributed by atoms with van der Waals surface area (Å²) in [7, 11) is 1.60. The van der Waals surface area contributed by atoms with Gasteiger partial charge in [-0.15, -0.1) is 0 Å². The number of rotatable bonds is 5. The van der Waals surface area contributed by atoms with E-state index in [1.54, 1.807) is 25.3 Å². The number of carbonyl (C=O) groups is 1. The molecule has 27 heavy (non-hydrogen) atoms. The van der Waals surface area contributed by atoms with E-state index in [9.17, 15) is 4.79 Å². The van der Waals surface area contributed by atoms with Crippen molar-refractivity contribution in [3.05, 3.63) is 90.0 Å². The fourth-order valence-electron chi connectivity index (χ4n) is 2.47. The lowest BCUT2D eigenvalue weighted by Gasteiger charge is -2.10. The van der Waals surface area contributed by atoms with Crippen LogP contribution in [0.3, 0.4) is 0 Å². The van der Waals surface area contributed by atoms with E-state index in [1.807, 2.05) is 60.7 Å². The lowest BCUT2D eigenvalue weighted by Crippen LogP contribution is -2.24. The van der Waals surface area contributed by atoms with Gasteiger partial charge in [0.05, 0.1) is 24.8 Å². The Hall–Kier alpha value is -3.71. The lowest BCUT2D eigenvalue weighted by atomic mass is 10.2. The van der Waals surface area contributed by atoms with Gasteiger partial charge < -0.3 is 14.8 Å². The summed E-state index contributed by atoms with van der Waals surface area (Å²) in [4.78, 5) is 12.5. The van der Waals surface area contributed by atoms with Crippen LogP contribution in [0.2, 0.25) is 0 Å². The summed E-state index contributed by atoms with van der Waals surface area (Å²) in [5.41, 5.74) is 1.24. The molecular formula is C23H19NO3. The average molecular weight is 357 g/mol. The van der Waals surface area contributed by atoms with Crippen molar-refractivity contribution >= 4 is 5.91 Å². The molecule has 0 bridgehead atoms. The van der Waals surface area contributed by atoms with Crippen LogP contribution in [0.4, 0.5) is 0 Å². The van der Waals surface area contributed by atoms with E-state index in [2.05, 4.69) is 17.2 Å². The van der Waals surface area contributed by atoms with Gasteiger partial charge in [-0.25, -0.2) is 0 Å². The average Bonchev–Trinajstić information content (AvgIpc) is 2.72. The van der Waals surface area contributed by atoms with E-state index >= 15 is 0 Å². The summed E-state index contributed by atoms with van der Waals surface area (Å²) < 4.78 is 11.1. The van der Waals surface area contributed by atoms with Gasteiger partial charge in [0.25, 0.3) is 5.91 Å². The highest BCUT2D eigenvalue weighted by Crippen LogP contribution is 2.24. The molecule has 0 aliphatic heterocycles. The van der Waals surface area contributed by atoms with Crippen LogP contribution in [0.1, 0.15) is 15.9 Å². The van der Waals surface area contributed by atoms with Gasteiger partial charge in [0, 0.05) is 0 Å². The first-order valence-electron chi connectivity index (χ1n) is 8.50. The Bertz CT molecular complexity index is 971. The normalized spacial score (nSPS) is 9.67. The monoisotopic (exact) mass is 357 g/mol. The first-order chi connectivity index (χ1) is 13.3. The first kappa shape index (κ1) is 18.1. The molecule has 0 spiro atoms. The summed E-state index contributed by atoms with van der Waals surface area (Å²) >= 11 is 0. The van der Waals surface area contributed by atoms with Crippen molar-refractivity contribution in [3.8, 4) is 29.1 Å². The van der Waals surface area contributed by atoms with Crippen molar-refractivity contribution in [2.75, 3.05) is 13.7 Å². The third kappa shape index (κ3) is 4.90. The van der Waals surface area contributed by atoms with Gasteiger partial charge in [0.1, 0.15) is 17.2 Å². The predicted octanol–water partition coefficient (Wildman–Crippen LogP) is 4.27. The van der Waals surface area contributed by atoms with Gasteiger partial charge in [-0.1, -0.05) is 54.3 Å². The van der Waals surface area contributed by atoms with Crippen LogP contribution in [0, 0.1) is 11.8 Å². The smallest absolute Gasteiger partial charge is 0.255 e. The molecule has 3 aromatic rings. The molecule has 0 saturated carbocycles. The second-order valence-corrected chi connectivity index (χ2v) is 5.60. The summed E-state index contributed by atoms with van der Waals surface area (Å²) in [6.07, 6.45) is 0. The largest absolute Gasteiger partial charge is 0.495 e. The molecule has 0 aliphatic carbocycles. The van der Waals surface area contributed by atoms with Crippen molar-refractivity contribution in [2.45, 2.75) is 0 Å². The first-order valence-corrected chi connectivity index (χ1v) is 8.50. The molecule has 0 saturated heterocycles. The van der Waals surface area contributed by atoms with Crippen LogP contribution in [-0.2, 0) is 0 Å². The van der Waals surface area contributed by atoms with E-state index in [0.29, 0.717) is 22.8 Å². The van der Waals surface area contributed by atoms with E-state index in [4.69, 9.17) is 9.47 Å². The maximum absolute atomic E-state index is 12.5. The van der Waals surface area contributed by atoms with Crippen molar-refractivity contribution in [1.29, 1.82) is 0 Å². The number of para-hydroxylation sites is 3. The van der Waals surface area contributed by atoms with Gasteiger partial charge in [0.2, 0.25) is 0 Å². The fraction of sp³-hybridized carbons (Fsp3) is 0.0870. The Morgan fingerprint density at radius 2 is 1.56 bits per heavy atom. The molecule has 3 aromatic carbocycles. The Balaban J connectivity index is 1.66. The quantitative estimate of drug-likeness (QED) is 0.694. The number of amides is 1. The second-order valence-electron chi connectivity index (χ2n) is 5.60. The molecule has 134 valence electrons. The van der Waals surface area contributed by atoms with Crippen LogP contribution >= 0.6 is 0 Å². The van der Waals surface area contributed by atoms with Crippen LogP contribution in [0.25, 0.3) is 0 Å². The molecular weight excluding hydrogens is 338 g/mol. The summed E-state index contributed by atoms with van der Waals surface area (Å²) in [6.45, 7) is 0.219. The molecule has 0 radical (unpaired) electrons. The Morgan fingerprint density at radius 1 is 0.889 bits per heavy atom. The maximum atomic E-state index is 12.5. The minimum absolute atomic E-state index is 0.219. The zero-order chi connectivity index (χ0) is 18.9. The van der Waals surface area contributed by atoms with Crippen LogP contribution in [-0.4, -0.2) is 19.6 Å². The minimum Gasteiger partial charge on any atom is -0.495 e. The Morgan fingerprint density at radius 3 is 2.33 bits per heavy atom. The summed E-state index contributed by atoms with van der Waals surface area (Å²) in [5.74, 6) is 7.59.